The van der Waals surface area contributed by atoms with Crippen molar-refractivity contribution in [1.82, 2.24) is 10.7 Å². The first kappa shape index (κ1) is 27.6. The van der Waals surface area contributed by atoms with Crippen molar-refractivity contribution >= 4 is 51.8 Å². The highest BCUT2D eigenvalue weighted by molar-refractivity contribution is 7.16. The molecule has 0 aliphatic carbocycles. The Morgan fingerprint density at radius 2 is 1.59 bits per heavy atom. The summed E-state index contributed by atoms with van der Waals surface area (Å²) in [5, 5.41) is 22.2. The third kappa shape index (κ3) is 6.89. The Morgan fingerprint density at radius 3 is 2.23 bits per heavy atom. The predicted octanol–water partition coefficient (Wildman–Crippen LogP) is 5.23. The largest absolute Gasteiger partial charge is 0.506 e. The molecule has 0 unspecified atom stereocenters. The molecule has 0 atom stereocenters. The molecule has 0 saturated carbocycles. The van der Waals surface area contributed by atoms with Crippen LogP contribution in [-0.2, 0) is 11.3 Å². The number of hydrogen-bond acceptors (Lipinski definition) is 8. The van der Waals surface area contributed by atoms with Gasteiger partial charge < -0.3 is 20.5 Å². The molecule has 0 aliphatic heterocycles. The van der Waals surface area contributed by atoms with Gasteiger partial charge in [-0.25, -0.2) is 5.43 Å². The Balaban J connectivity index is 1.34. The highest BCUT2D eigenvalue weighted by Gasteiger charge is 2.17. The van der Waals surface area contributed by atoms with E-state index >= 15 is 0 Å². The van der Waals surface area contributed by atoms with E-state index in [1.54, 1.807) is 43.7 Å². The second-order valence-electron chi connectivity index (χ2n) is 8.42. The van der Waals surface area contributed by atoms with Crippen molar-refractivity contribution in [3.05, 3.63) is 86.9 Å². The van der Waals surface area contributed by atoms with Crippen molar-refractivity contribution in [3.63, 3.8) is 0 Å². The minimum Gasteiger partial charge on any atom is -0.506 e. The first-order chi connectivity index (χ1) is 18.7. The molecular weight excluding hydrogens is 536 g/mol. The number of aromatic hydroxyl groups is 1. The fraction of sp³-hybridized carbons (Fsp3) is 0.143. The van der Waals surface area contributed by atoms with Gasteiger partial charge in [0, 0.05) is 24.5 Å². The molecule has 0 radical (unpaired) electrons. The molecule has 11 heteroatoms. The smallest absolute Gasteiger partial charge is 0.281 e. The molecule has 3 amide bonds. The van der Waals surface area contributed by atoms with Crippen LogP contribution in [0.5, 0.6) is 11.5 Å². The highest BCUT2D eigenvalue weighted by Crippen LogP contribution is 2.39. The number of nitrogens with zero attached hydrogens (tertiary/aromatic N) is 1. The zero-order chi connectivity index (χ0) is 27.9. The third-order valence-corrected chi connectivity index (χ3v) is 7.71. The monoisotopic (exact) mass is 562 g/mol. The average molecular weight is 563 g/mol. The summed E-state index contributed by atoms with van der Waals surface area (Å²) in [4.78, 5) is 37.7. The average Bonchev–Trinajstić information content (AvgIpc) is 3.58. The van der Waals surface area contributed by atoms with Crippen LogP contribution in [-0.4, -0.2) is 35.6 Å². The fourth-order valence-electron chi connectivity index (χ4n) is 3.57. The maximum absolute atomic E-state index is 12.6. The summed E-state index contributed by atoms with van der Waals surface area (Å²) in [6.45, 7) is 3.42. The summed E-state index contributed by atoms with van der Waals surface area (Å²) in [5.41, 5.74) is 5.83. The van der Waals surface area contributed by atoms with Crippen molar-refractivity contribution in [1.29, 1.82) is 0 Å². The van der Waals surface area contributed by atoms with E-state index in [4.69, 9.17) is 4.74 Å². The van der Waals surface area contributed by atoms with E-state index in [0.29, 0.717) is 38.1 Å². The summed E-state index contributed by atoms with van der Waals surface area (Å²) >= 11 is 2.42. The van der Waals surface area contributed by atoms with Gasteiger partial charge in [-0.15, -0.1) is 22.7 Å². The summed E-state index contributed by atoms with van der Waals surface area (Å²) < 4.78 is 5.18. The number of ether oxygens (including phenoxy) is 1. The molecule has 0 aliphatic rings. The molecule has 4 aromatic rings. The lowest BCUT2D eigenvalue weighted by atomic mass is 10.1. The van der Waals surface area contributed by atoms with E-state index in [1.807, 2.05) is 36.4 Å². The second-order valence-corrected chi connectivity index (χ2v) is 10.4. The van der Waals surface area contributed by atoms with Gasteiger partial charge >= 0.3 is 0 Å². The Kier molecular flexibility index (Phi) is 8.74. The number of rotatable bonds is 9. The van der Waals surface area contributed by atoms with Crippen LogP contribution in [0, 0.1) is 0 Å². The Hall–Kier alpha value is -4.48. The van der Waals surface area contributed by atoms with Crippen molar-refractivity contribution in [3.8, 4) is 21.9 Å². The molecule has 4 rings (SSSR count). The lowest BCUT2D eigenvalue weighted by Crippen LogP contribution is -2.22. The number of anilines is 1. The lowest BCUT2D eigenvalue weighted by molar-refractivity contribution is -0.114. The van der Waals surface area contributed by atoms with E-state index in [-0.39, 0.29) is 17.6 Å². The number of amides is 3. The molecule has 2 aromatic heterocycles. The number of benzene rings is 2. The third-order valence-electron chi connectivity index (χ3n) is 5.61. The molecule has 0 saturated heterocycles. The summed E-state index contributed by atoms with van der Waals surface area (Å²) in [7, 11) is 1.59. The van der Waals surface area contributed by atoms with Crippen LogP contribution < -0.4 is 20.8 Å². The fourth-order valence-corrected chi connectivity index (χ4v) is 5.39. The van der Waals surface area contributed by atoms with Gasteiger partial charge in [0.2, 0.25) is 5.91 Å². The number of carbonyl (C=O) groups is 3. The van der Waals surface area contributed by atoms with Crippen LogP contribution in [0.25, 0.3) is 10.4 Å². The maximum Gasteiger partial charge on any atom is 0.281 e. The SMILES string of the molecule is COc1ccc(-c2scc(/C(C)=N/NC(=O)c3ccc(C(=O)NCc4ccc(NC(C)=O)cc4)s3)c2O)cc1. The molecule has 4 N–H and O–H groups in total. The molecule has 0 fully saturated rings. The van der Waals surface area contributed by atoms with Crippen LogP contribution in [0.4, 0.5) is 5.69 Å². The first-order valence-electron chi connectivity index (χ1n) is 11.8. The normalized spacial score (nSPS) is 11.1. The topological polar surface area (TPSA) is 129 Å². The van der Waals surface area contributed by atoms with Gasteiger partial charge in [0.25, 0.3) is 11.8 Å². The molecular formula is C28H26N4O5S2. The molecule has 2 heterocycles. The molecule has 200 valence electrons. The van der Waals surface area contributed by atoms with Crippen LogP contribution in [0.2, 0.25) is 0 Å². The summed E-state index contributed by atoms with van der Waals surface area (Å²) in [6.07, 6.45) is 0. The standard InChI is InChI=1S/C28H26N4O5S2/c1-16(22-15-38-26(25(22)34)19-6-10-21(37-3)11-7-19)31-32-28(36)24-13-12-23(39-24)27(35)29-14-18-4-8-20(9-5-18)30-17(2)33/h4-13,15,34H,14H2,1-3H3,(H,29,35)(H,30,33)(H,32,36)/b31-16+. The molecule has 0 spiro atoms. The number of methoxy groups -OCH3 is 1. The van der Waals surface area contributed by atoms with Crippen molar-refractivity contribution in [2.24, 2.45) is 5.10 Å². The summed E-state index contributed by atoms with van der Waals surface area (Å²) in [5.74, 6) is -0.117. The van der Waals surface area contributed by atoms with Gasteiger partial charge in [0.05, 0.1) is 33.0 Å². The zero-order valence-electron chi connectivity index (χ0n) is 21.4. The maximum atomic E-state index is 12.6. The van der Waals surface area contributed by atoms with Gasteiger partial charge in [0.1, 0.15) is 11.5 Å². The highest BCUT2D eigenvalue weighted by atomic mass is 32.1. The van der Waals surface area contributed by atoms with Gasteiger partial charge in [-0.3, -0.25) is 14.4 Å². The van der Waals surface area contributed by atoms with E-state index in [1.165, 1.54) is 18.3 Å². The zero-order valence-corrected chi connectivity index (χ0v) is 23.0. The Bertz CT molecular complexity index is 1520. The van der Waals surface area contributed by atoms with E-state index in [9.17, 15) is 19.5 Å². The van der Waals surface area contributed by atoms with Crippen LogP contribution >= 0.6 is 22.7 Å². The van der Waals surface area contributed by atoms with Gasteiger partial charge in [-0.1, -0.05) is 12.1 Å². The van der Waals surface area contributed by atoms with Crippen molar-refractivity contribution in [2.45, 2.75) is 20.4 Å². The number of hydrogen-bond donors (Lipinski definition) is 4. The van der Waals surface area contributed by atoms with Gasteiger partial charge in [-0.2, -0.15) is 5.10 Å². The molecule has 9 nitrogen and oxygen atoms in total. The number of thiophene rings is 2. The predicted molar refractivity (Wildman–Crippen MR) is 154 cm³/mol. The first-order valence-corrected chi connectivity index (χ1v) is 13.5. The number of hydrazone groups is 1. The minimum atomic E-state index is -0.461. The van der Waals surface area contributed by atoms with Crippen molar-refractivity contribution in [2.75, 3.05) is 12.4 Å². The Morgan fingerprint density at radius 1 is 0.923 bits per heavy atom. The Labute approximate surface area is 233 Å². The number of nitrogens with one attached hydrogen (secondary N) is 3. The molecule has 2 aromatic carbocycles. The van der Waals surface area contributed by atoms with Crippen molar-refractivity contribution < 1.29 is 24.2 Å². The quantitative estimate of drug-likeness (QED) is 0.164. The van der Waals surface area contributed by atoms with Crippen LogP contribution in [0.3, 0.4) is 0 Å². The van der Waals surface area contributed by atoms with Gasteiger partial charge in [0.15, 0.2) is 0 Å². The number of carbonyl (C=O) groups excluding carboxylic acids is 3. The lowest BCUT2D eigenvalue weighted by Gasteiger charge is -2.06. The van der Waals surface area contributed by atoms with E-state index in [2.05, 4.69) is 21.2 Å². The molecule has 0 bridgehead atoms. The van der Waals surface area contributed by atoms with Crippen LogP contribution in [0.15, 0.2) is 71.1 Å². The molecule has 39 heavy (non-hydrogen) atoms. The summed E-state index contributed by atoms with van der Waals surface area (Å²) in [6, 6.07) is 17.6. The van der Waals surface area contributed by atoms with E-state index in [0.717, 1.165) is 28.2 Å². The van der Waals surface area contributed by atoms with Crippen LogP contribution in [0.1, 0.15) is 44.3 Å². The second kappa shape index (κ2) is 12.4. The minimum absolute atomic E-state index is 0.0838. The van der Waals surface area contributed by atoms with Gasteiger partial charge in [-0.05, 0) is 66.6 Å². The van der Waals surface area contributed by atoms with E-state index < -0.39 is 5.91 Å².